The van der Waals surface area contributed by atoms with Crippen LogP contribution >= 0.6 is 0 Å². The summed E-state index contributed by atoms with van der Waals surface area (Å²) in [5.74, 6) is 0.838. The molecule has 0 bridgehead atoms. The maximum atomic E-state index is 12.6. The molecular formula is C11H10FNO2. The zero-order valence-electron chi connectivity index (χ0n) is 7.90. The fourth-order valence-corrected chi connectivity index (χ4v) is 1.16. The van der Waals surface area contributed by atoms with Gasteiger partial charge in [-0.25, -0.2) is 4.39 Å². The van der Waals surface area contributed by atoms with Gasteiger partial charge in [-0.3, -0.25) is 10.1 Å². The van der Waals surface area contributed by atoms with Crippen LogP contribution in [0.1, 0.15) is 11.6 Å². The van der Waals surface area contributed by atoms with Crippen molar-refractivity contribution in [2.45, 2.75) is 6.04 Å². The van der Waals surface area contributed by atoms with E-state index in [1.54, 1.807) is 0 Å². The number of aliphatic carboxylic acids is 1. The highest BCUT2D eigenvalue weighted by Gasteiger charge is 2.18. The second-order valence-electron chi connectivity index (χ2n) is 2.91. The van der Waals surface area contributed by atoms with Crippen LogP contribution in [0.15, 0.2) is 24.3 Å². The number of terminal acetylenes is 1. The second kappa shape index (κ2) is 5.13. The van der Waals surface area contributed by atoms with Crippen molar-refractivity contribution in [3.63, 3.8) is 0 Å². The smallest absolute Gasteiger partial charge is 0.325 e. The number of nitrogens with one attached hydrogen (secondary N) is 1. The van der Waals surface area contributed by atoms with Crippen LogP contribution in [0.4, 0.5) is 4.39 Å². The maximum Gasteiger partial charge on any atom is 0.325 e. The van der Waals surface area contributed by atoms with Crippen molar-refractivity contribution in [1.82, 2.24) is 5.32 Å². The molecule has 0 saturated carbocycles. The van der Waals surface area contributed by atoms with E-state index < -0.39 is 17.8 Å². The molecule has 1 aromatic rings. The van der Waals surface area contributed by atoms with E-state index in [9.17, 15) is 9.18 Å². The van der Waals surface area contributed by atoms with E-state index in [-0.39, 0.29) is 6.54 Å². The Kier molecular flexibility index (Phi) is 3.83. The Morgan fingerprint density at radius 3 is 2.60 bits per heavy atom. The summed E-state index contributed by atoms with van der Waals surface area (Å²) in [6, 6.07) is 4.35. The Hall–Kier alpha value is -1.86. The number of halogens is 1. The Morgan fingerprint density at radius 1 is 1.53 bits per heavy atom. The van der Waals surface area contributed by atoms with E-state index >= 15 is 0 Å². The number of rotatable bonds is 4. The van der Waals surface area contributed by atoms with Gasteiger partial charge in [0, 0.05) is 0 Å². The Bertz CT molecular complexity index is 381. The number of carboxylic acids is 1. The summed E-state index contributed by atoms with van der Waals surface area (Å²) in [5.41, 5.74) is 0.471. The van der Waals surface area contributed by atoms with Gasteiger partial charge in [-0.05, 0) is 17.7 Å². The molecule has 4 heteroatoms. The molecule has 0 amide bonds. The molecule has 1 rings (SSSR count). The van der Waals surface area contributed by atoms with Crippen molar-refractivity contribution in [3.05, 3.63) is 35.6 Å². The molecule has 0 aromatic heterocycles. The first-order valence-corrected chi connectivity index (χ1v) is 4.30. The summed E-state index contributed by atoms with van der Waals surface area (Å²) < 4.78 is 12.6. The van der Waals surface area contributed by atoms with Crippen LogP contribution in [0.5, 0.6) is 0 Å². The molecule has 3 nitrogen and oxygen atoms in total. The summed E-state index contributed by atoms with van der Waals surface area (Å²) in [6.45, 7) is 0.147. The predicted molar refractivity (Wildman–Crippen MR) is 53.6 cm³/mol. The zero-order valence-corrected chi connectivity index (χ0v) is 7.90. The second-order valence-corrected chi connectivity index (χ2v) is 2.91. The molecule has 0 aliphatic rings. The summed E-state index contributed by atoms with van der Waals surface area (Å²) in [7, 11) is 0. The molecule has 1 aromatic carbocycles. The molecule has 0 aliphatic carbocycles. The molecule has 0 spiro atoms. The highest BCUT2D eigenvalue weighted by Crippen LogP contribution is 2.13. The van der Waals surface area contributed by atoms with Crippen molar-refractivity contribution in [3.8, 4) is 12.3 Å². The van der Waals surface area contributed by atoms with Crippen LogP contribution in [-0.4, -0.2) is 17.6 Å². The van der Waals surface area contributed by atoms with Gasteiger partial charge in [-0.1, -0.05) is 18.1 Å². The van der Waals surface area contributed by atoms with Crippen molar-refractivity contribution >= 4 is 5.97 Å². The van der Waals surface area contributed by atoms with Gasteiger partial charge in [0.2, 0.25) is 0 Å². The summed E-state index contributed by atoms with van der Waals surface area (Å²) >= 11 is 0. The summed E-state index contributed by atoms with van der Waals surface area (Å²) in [5, 5.41) is 11.5. The third kappa shape index (κ3) is 3.08. The van der Waals surface area contributed by atoms with E-state index in [4.69, 9.17) is 11.5 Å². The monoisotopic (exact) mass is 207 g/mol. The van der Waals surface area contributed by atoms with E-state index in [0.29, 0.717) is 5.56 Å². The minimum atomic E-state index is -1.04. The summed E-state index contributed by atoms with van der Waals surface area (Å²) in [6.07, 6.45) is 5.01. The molecule has 0 saturated heterocycles. The van der Waals surface area contributed by atoms with Gasteiger partial charge in [0.1, 0.15) is 11.9 Å². The van der Waals surface area contributed by atoms with E-state index in [0.717, 1.165) is 0 Å². The quantitative estimate of drug-likeness (QED) is 0.729. The van der Waals surface area contributed by atoms with Crippen LogP contribution in [0.25, 0.3) is 0 Å². The molecular weight excluding hydrogens is 197 g/mol. The average Bonchev–Trinajstić information content (AvgIpc) is 2.21. The molecule has 15 heavy (non-hydrogen) atoms. The first kappa shape index (κ1) is 11.2. The van der Waals surface area contributed by atoms with Crippen LogP contribution in [0.2, 0.25) is 0 Å². The van der Waals surface area contributed by atoms with Gasteiger partial charge >= 0.3 is 5.97 Å². The largest absolute Gasteiger partial charge is 0.480 e. The van der Waals surface area contributed by atoms with Gasteiger partial charge < -0.3 is 5.11 Å². The van der Waals surface area contributed by atoms with Crippen LogP contribution in [0, 0.1) is 18.2 Å². The first-order valence-electron chi connectivity index (χ1n) is 4.30. The summed E-state index contributed by atoms with van der Waals surface area (Å²) in [4.78, 5) is 10.9. The lowest BCUT2D eigenvalue weighted by molar-refractivity contribution is -0.139. The third-order valence-electron chi connectivity index (χ3n) is 1.86. The topological polar surface area (TPSA) is 49.3 Å². The fourth-order valence-electron chi connectivity index (χ4n) is 1.16. The van der Waals surface area contributed by atoms with Crippen molar-refractivity contribution < 1.29 is 14.3 Å². The fraction of sp³-hybridized carbons (Fsp3) is 0.182. The molecule has 0 heterocycles. The molecule has 1 atom stereocenters. The molecule has 2 N–H and O–H groups in total. The molecule has 78 valence electrons. The lowest BCUT2D eigenvalue weighted by Crippen LogP contribution is -2.28. The Balaban J connectivity index is 2.85. The number of carbonyl (C=O) groups is 1. The number of carboxylic acid groups (broad SMARTS) is 1. The van der Waals surface area contributed by atoms with Crippen molar-refractivity contribution in [1.29, 1.82) is 0 Å². The SMILES string of the molecule is C#CCNC(C(=O)O)c1ccc(F)cc1. The Labute approximate surface area is 86.9 Å². The Morgan fingerprint density at radius 2 is 2.13 bits per heavy atom. The minimum absolute atomic E-state index is 0.147. The molecule has 0 aliphatic heterocycles. The lowest BCUT2D eigenvalue weighted by atomic mass is 10.1. The van der Waals surface area contributed by atoms with Gasteiger partial charge in [0.25, 0.3) is 0 Å². The van der Waals surface area contributed by atoms with Gasteiger partial charge in [0.15, 0.2) is 0 Å². The number of hydrogen-bond donors (Lipinski definition) is 2. The standard InChI is InChI=1S/C11H10FNO2/c1-2-7-13-10(11(14)15)8-3-5-9(12)6-4-8/h1,3-6,10,13H,7H2,(H,14,15). The molecule has 0 fully saturated rings. The van der Waals surface area contributed by atoms with Crippen LogP contribution < -0.4 is 5.32 Å². The highest BCUT2D eigenvalue weighted by atomic mass is 19.1. The molecule has 1 unspecified atom stereocenters. The predicted octanol–water partition coefficient (Wildman–Crippen LogP) is 1.17. The normalized spacial score (nSPS) is 11.7. The van der Waals surface area contributed by atoms with Gasteiger partial charge in [-0.15, -0.1) is 6.42 Å². The average molecular weight is 207 g/mol. The minimum Gasteiger partial charge on any atom is -0.480 e. The van der Waals surface area contributed by atoms with Crippen molar-refractivity contribution in [2.24, 2.45) is 0 Å². The third-order valence-corrected chi connectivity index (χ3v) is 1.86. The zero-order chi connectivity index (χ0) is 11.3. The van der Waals surface area contributed by atoms with E-state index in [1.165, 1.54) is 24.3 Å². The van der Waals surface area contributed by atoms with E-state index in [1.807, 2.05) is 0 Å². The number of hydrogen-bond acceptors (Lipinski definition) is 2. The lowest BCUT2D eigenvalue weighted by Gasteiger charge is -2.12. The van der Waals surface area contributed by atoms with E-state index in [2.05, 4.69) is 11.2 Å². The first-order chi connectivity index (χ1) is 7.15. The maximum absolute atomic E-state index is 12.6. The van der Waals surface area contributed by atoms with Gasteiger partial charge in [-0.2, -0.15) is 0 Å². The molecule has 0 radical (unpaired) electrons. The highest BCUT2D eigenvalue weighted by molar-refractivity contribution is 5.75. The number of benzene rings is 1. The van der Waals surface area contributed by atoms with Crippen molar-refractivity contribution in [2.75, 3.05) is 6.54 Å². The van der Waals surface area contributed by atoms with Crippen LogP contribution in [0.3, 0.4) is 0 Å². The van der Waals surface area contributed by atoms with Gasteiger partial charge in [0.05, 0.1) is 6.54 Å². The van der Waals surface area contributed by atoms with Crippen LogP contribution in [-0.2, 0) is 4.79 Å².